The van der Waals surface area contributed by atoms with Crippen molar-refractivity contribution in [3.05, 3.63) is 76.6 Å². The van der Waals surface area contributed by atoms with E-state index < -0.39 is 5.91 Å². The Labute approximate surface area is 205 Å². The van der Waals surface area contributed by atoms with Crippen LogP contribution in [0.15, 0.2) is 65.1 Å². The zero-order valence-corrected chi connectivity index (χ0v) is 20.2. The number of fused-ring (bicyclic) bond motifs is 3. The van der Waals surface area contributed by atoms with Gasteiger partial charge < -0.3 is 5.32 Å². The molecule has 2 aromatic carbocycles. The summed E-state index contributed by atoms with van der Waals surface area (Å²) in [7, 11) is 0. The van der Waals surface area contributed by atoms with Gasteiger partial charge in [-0.05, 0) is 37.6 Å². The van der Waals surface area contributed by atoms with E-state index in [-0.39, 0.29) is 30.3 Å². The number of nitrogens with one attached hydrogen (secondary N) is 3. The fraction of sp³-hybridized carbons (Fsp3) is 0.208. The van der Waals surface area contributed by atoms with Crippen molar-refractivity contribution in [1.29, 1.82) is 0 Å². The van der Waals surface area contributed by atoms with Gasteiger partial charge in [0.05, 0.1) is 23.2 Å². The van der Waals surface area contributed by atoms with Crippen molar-refractivity contribution in [2.75, 3.05) is 17.6 Å². The topological polar surface area (TPSA) is 122 Å². The van der Waals surface area contributed by atoms with Gasteiger partial charge in [0.1, 0.15) is 0 Å². The molecule has 0 saturated heterocycles. The van der Waals surface area contributed by atoms with Crippen molar-refractivity contribution in [1.82, 2.24) is 30.0 Å². The fourth-order valence-electron chi connectivity index (χ4n) is 3.66. The molecule has 0 fully saturated rings. The van der Waals surface area contributed by atoms with Crippen LogP contribution in [0.3, 0.4) is 0 Å². The van der Waals surface area contributed by atoms with Gasteiger partial charge in [0.2, 0.25) is 11.7 Å². The van der Waals surface area contributed by atoms with Crippen LogP contribution in [0.4, 0.5) is 5.69 Å². The molecule has 0 aliphatic carbocycles. The van der Waals surface area contributed by atoms with Crippen LogP contribution in [0.25, 0.3) is 16.7 Å². The minimum absolute atomic E-state index is 0.0129. The molecule has 10 nitrogen and oxygen atoms in total. The number of aryl methyl sites for hydroxylation is 2. The molecule has 180 valence electrons. The molecule has 0 aliphatic rings. The molecule has 3 N–H and O–H groups in total. The van der Waals surface area contributed by atoms with Crippen molar-refractivity contribution in [2.24, 2.45) is 0 Å². The Bertz CT molecular complexity index is 1490. The van der Waals surface area contributed by atoms with Crippen LogP contribution in [-0.4, -0.2) is 43.3 Å². The Morgan fingerprint density at radius 2 is 1.86 bits per heavy atom. The summed E-state index contributed by atoms with van der Waals surface area (Å²) < 4.78 is 3.22. The molecule has 0 spiro atoms. The number of amides is 2. The van der Waals surface area contributed by atoms with Gasteiger partial charge in [-0.15, -0.1) is 16.8 Å². The van der Waals surface area contributed by atoms with Gasteiger partial charge in [-0.25, -0.2) is 0 Å². The molecule has 0 aliphatic heterocycles. The van der Waals surface area contributed by atoms with Crippen LogP contribution in [-0.2, 0) is 16.1 Å². The Balaban J connectivity index is 1.39. The number of rotatable bonds is 8. The Morgan fingerprint density at radius 3 is 2.63 bits per heavy atom. The molecule has 2 aromatic heterocycles. The van der Waals surface area contributed by atoms with Crippen molar-refractivity contribution >= 4 is 45.9 Å². The standard InChI is InChI=1S/C24H25N7O3S/c1-4-11-30-22(34)17-7-5-6-8-19(17)31-23(30)28-29-24(31)35-14-21(33)27-26-20(32)13-25-18-10-9-15(2)12-16(18)3/h4-10,12,25H,1,11,13-14H2,2-3H3,(H,26,32)(H,27,33). The number of thioether (sulfide) groups is 1. The summed E-state index contributed by atoms with van der Waals surface area (Å²) >= 11 is 1.15. The van der Waals surface area contributed by atoms with Crippen LogP contribution in [0.5, 0.6) is 0 Å². The maximum absolute atomic E-state index is 12.9. The molecule has 0 radical (unpaired) electrons. The number of benzene rings is 2. The lowest BCUT2D eigenvalue weighted by Crippen LogP contribution is -2.44. The van der Waals surface area contributed by atoms with Crippen molar-refractivity contribution in [2.45, 2.75) is 25.5 Å². The molecule has 0 atom stereocenters. The minimum atomic E-state index is -0.407. The average Bonchev–Trinajstić information content (AvgIpc) is 3.27. The smallest absolute Gasteiger partial charge is 0.263 e. The third-order valence-corrected chi connectivity index (χ3v) is 6.21. The van der Waals surface area contributed by atoms with E-state index in [2.05, 4.69) is 32.9 Å². The molecule has 2 heterocycles. The zero-order chi connectivity index (χ0) is 24.9. The lowest BCUT2D eigenvalue weighted by molar-refractivity contribution is -0.126. The number of aromatic nitrogens is 4. The quantitative estimate of drug-likeness (QED) is 0.196. The first-order valence-electron chi connectivity index (χ1n) is 10.9. The predicted octanol–water partition coefficient (Wildman–Crippen LogP) is 2.20. The summed E-state index contributed by atoms with van der Waals surface area (Å²) in [5.41, 5.74) is 8.29. The second-order valence-corrected chi connectivity index (χ2v) is 8.84. The van der Waals surface area contributed by atoms with E-state index in [1.807, 2.05) is 38.1 Å². The number of nitrogens with zero attached hydrogens (tertiary/aromatic N) is 4. The molecule has 0 bridgehead atoms. The SMILES string of the molecule is C=CCn1c(=O)c2ccccc2n2c(SCC(=O)NNC(=O)CNc3ccc(C)cc3C)nnc12. The molecule has 4 rings (SSSR count). The monoisotopic (exact) mass is 491 g/mol. The van der Waals surface area contributed by atoms with Gasteiger partial charge in [0.15, 0.2) is 5.16 Å². The molecule has 4 aromatic rings. The first kappa shape index (κ1) is 24.0. The van der Waals surface area contributed by atoms with Gasteiger partial charge in [0.25, 0.3) is 11.5 Å². The molecule has 11 heteroatoms. The zero-order valence-electron chi connectivity index (χ0n) is 19.4. The first-order chi connectivity index (χ1) is 16.9. The number of hydrazine groups is 1. The highest BCUT2D eigenvalue weighted by Crippen LogP contribution is 2.21. The summed E-state index contributed by atoms with van der Waals surface area (Å²) in [6.07, 6.45) is 1.61. The van der Waals surface area contributed by atoms with E-state index in [0.29, 0.717) is 21.8 Å². The second kappa shape index (κ2) is 10.4. The number of hydrogen-bond acceptors (Lipinski definition) is 7. The average molecular weight is 492 g/mol. The van der Waals surface area contributed by atoms with Crippen LogP contribution < -0.4 is 21.7 Å². The van der Waals surface area contributed by atoms with Crippen molar-refractivity contribution < 1.29 is 9.59 Å². The summed E-state index contributed by atoms with van der Waals surface area (Å²) in [5.74, 6) is -0.436. The van der Waals surface area contributed by atoms with Crippen LogP contribution >= 0.6 is 11.8 Å². The van der Waals surface area contributed by atoms with Gasteiger partial charge in [-0.1, -0.05) is 47.7 Å². The van der Waals surface area contributed by atoms with Gasteiger partial charge in [-0.2, -0.15) is 0 Å². The number of hydrogen-bond donors (Lipinski definition) is 3. The van der Waals surface area contributed by atoms with Crippen molar-refractivity contribution in [3.8, 4) is 0 Å². The second-order valence-electron chi connectivity index (χ2n) is 7.90. The normalized spacial score (nSPS) is 10.9. The largest absolute Gasteiger partial charge is 0.376 e. The molecule has 0 saturated carbocycles. The first-order valence-corrected chi connectivity index (χ1v) is 11.9. The van der Waals surface area contributed by atoms with E-state index in [1.54, 1.807) is 28.7 Å². The number of carbonyl (C=O) groups is 2. The predicted molar refractivity (Wildman–Crippen MR) is 136 cm³/mol. The van der Waals surface area contributed by atoms with Crippen LogP contribution in [0.2, 0.25) is 0 Å². The molecule has 2 amide bonds. The highest BCUT2D eigenvalue weighted by Gasteiger charge is 2.17. The molecule has 35 heavy (non-hydrogen) atoms. The minimum Gasteiger partial charge on any atom is -0.376 e. The lowest BCUT2D eigenvalue weighted by Gasteiger charge is -2.11. The third-order valence-electron chi connectivity index (χ3n) is 5.28. The maximum atomic E-state index is 12.9. The van der Waals surface area contributed by atoms with Gasteiger partial charge in [0, 0.05) is 12.2 Å². The third kappa shape index (κ3) is 5.19. The Hall–Kier alpha value is -4.12. The summed E-state index contributed by atoms with van der Waals surface area (Å²) in [4.78, 5) is 37.3. The number of para-hydroxylation sites is 1. The molecule has 0 unspecified atom stereocenters. The van der Waals surface area contributed by atoms with E-state index in [1.165, 1.54) is 4.57 Å². The summed E-state index contributed by atoms with van der Waals surface area (Å²) in [5, 5.41) is 12.4. The van der Waals surface area contributed by atoms with Gasteiger partial charge in [-0.3, -0.25) is 34.2 Å². The van der Waals surface area contributed by atoms with Crippen LogP contribution in [0.1, 0.15) is 11.1 Å². The lowest BCUT2D eigenvalue weighted by atomic mass is 10.1. The Morgan fingerprint density at radius 1 is 1.09 bits per heavy atom. The number of anilines is 1. The van der Waals surface area contributed by atoms with Gasteiger partial charge >= 0.3 is 0 Å². The van der Waals surface area contributed by atoms with Crippen LogP contribution in [0, 0.1) is 13.8 Å². The highest BCUT2D eigenvalue weighted by molar-refractivity contribution is 7.99. The van der Waals surface area contributed by atoms with E-state index in [0.717, 1.165) is 28.6 Å². The molecular weight excluding hydrogens is 466 g/mol. The summed E-state index contributed by atoms with van der Waals surface area (Å²) in [6, 6.07) is 13.0. The van der Waals surface area contributed by atoms with E-state index >= 15 is 0 Å². The summed E-state index contributed by atoms with van der Waals surface area (Å²) in [6.45, 7) is 7.96. The number of carbonyl (C=O) groups excluding carboxylic acids is 2. The van der Waals surface area contributed by atoms with E-state index in [4.69, 9.17) is 0 Å². The Kier molecular flexibility index (Phi) is 7.16. The maximum Gasteiger partial charge on any atom is 0.263 e. The highest BCUT2D eigenvalue weighted by atomic mass is 32.2. The number of allylic oxidation sites excluding steroid dienone is 1. The van der Waals surface area contributed by atoms with E-state index in [9.17, 15) is 14.4 Å². The molecular formula is C24H25N7O3S. The van der Waals surface area contributed by atoms with Crippen molar-refractivity contribution in [3.63, 3.8) is 0 Å². The fourth-order valence-corrected chi connectivity index (χ4v) is 4.40.